The van der Waals surface area contributed by atoms with E-state index in [1.807, 2.05) is 0 Å². The van der Waals surface area contributed by atoms with Gasteiger partial charge in [0.05, 0.1) is 0 Å². The van der Waals surface area contributed by atoms with Crippen LogP contribution in [0.15, 0.2) is 0 Å². The minimum atomic E-state index is -0.171. The average molecular weight is 499 g/mol. The normalized spacial score (nSPS) is 8.00. The van der Waals surface area contributed by atoms with Crippen molar-refractivity contribution < 1.29 is 19.1 Å². The third-order valence-corrected chi connectivity index (χ3v) is 2.31. The van der Waals surface area contributed by atoms with Gasteiger partial charge in [0.2, 0.25) is 0 Å². The van der Waals surface area contributed by atoms with Gasteiger partial charge in [-0.25, -0.2) is 0 Å². The molecule has 0 aliphatic heterocycles. The molecule has 0 aromatic rings. The van der Waals surface area contributed by atoms with E-state index < -0.39 is 0 Å². The van der Waals surface area contributed by atoms with E-state index in [2.05, 4.69) is 62.4 Å². The van der Waals surface area contributed by atoms with Gasteiger partial charge in [-0.1, -0.05) is 92.5 Å². The smallest absolute Gasteiger partial charge is 0.305 e. The maximum atomic E-state index is 10.3. The van der Waals surface area contributed by atoms with E-state index in [4.69, 9.17) is 0 Å². The summed E-state index contributed by atoms with van der Waals surface area (Å²) in [6.07, 6.45) is 5.44. The SMILES string of the molecule is CCC(=O)OCC[S].CCC(=O)OCC[S].[CH2]CCC.[CH2]CCC.[Sn]. The number of hydrogen-bond donors (Lipinski definition) is 0. The third-order valence-electron chi connectivity index (χ3n) is 1.98. The Labute approximate surface area is 184 Å². The first-order valence-electron chi connectivity index (χ1n) is 8.51. The van der Waals surface area contributed by atoms with Gasteiger partial charge in [0, 0.05) is 48.3 Å². The Hall–Kier alpha value is 0.439. The Bertz CT molecular complexity index is 215. The number of carbonyl (C=O) groups is 2. The molecule has 0 saturated carbocycles. The zero-order valence-electron chi connectivity index (χ0n) is 16.4. The molecule has 0 rings (SSSR count). The minimum absolute atomic E-state index is 0. The van der Waals surface area contributed by atoms with Crippen LogP contribution in [-0.4, -0.2) is 60.6 Å². The molecule has 148 valence electrons. The third kappa shape index (κ3) is 59.0. The van der Waals surface area contributed by atoms with E-state index >= 15 is 0 Å². The van der Waals surface area contributed by atoms with Crippen molar-refractivity contribution in [3.63, 3.8) is 0 Å². The number of ether oxygens (including phenoxy) is 2. The summed E-state index contributed by atoms with van der Waals surface area (Å²) in [5.74, 6) is 0.641. The number of hydrogen-bond acceptors (Lipinski definition) is 4. The van der Waals surface area contributed by atoms with Crippen molar-refractivity contribution in [3.8, 4) is 0 Å². The second-order valence-electron chi connectivity index (χ2n) is 4.26. The van der Waals surface area contributed by atoms with Crippen molar-refractivity contribution in [2.45, 2.75) is 66.2 Å². The van der Waals surface area contributed by atoms with E-state index in [-0.39, 0.29) is 35.8 Å². The molecule has 0 N–H and O–H groups in total. The van der Waals surface area contributed by atoms with Crippen LogP contribution in [0.4, 0.5) is 0 Å². The van der Waals surface area contributed by atoms with Crippen LogP contribution in [0.3, 0.4) is 0 Å². The summed E-state index contributed by atoms with van der Waals surface area (Å²) >= 11 is 9.08. The van der Waals surface area contributed by atoms with Gasteiger partial charge < -0.3 is 9.47 Å². The molecular weight excluding hydrogens is 463 g/mol. The molecule has 4 nitrogen and oxygen atoms in total. The molecule has 0 saturated heterocycles. The largest absolute Gasteiger partial charge is 0.465 e. The van der Waals surface area contributed by atoms with Crippen molar-refractivity contribution in [1.29, 1.82) is 0 Å². The van der Waals surface area contributed by atoms with Gasteiger partial charge in [-0.2, -0.15) is 0 Å². The van der Waals surface area contributed by atoms with E-state index in [1.54, 1.807) is 13.8 Å². The summed E-state index contributed by atoms with van der Waals surface area (Å²) in [6, 6.07) is 0. The average Bonchev–Trinajstić information content (AvgIpc) is 2.64. The predicted octanol–water partition coefficient (Wildman–Crippen LogP) is 5.13. The van der Waals surface area contributed by atoms with Crippen LogP contribution in [0, 0.1) is 13.8 Å². The first-order valence-corrected chi connectivity index (χ1v) is 9.66. The topological polar surface area (TPSA) is 52.6 Å². The fraction of sp³-hybridized carbons (Fsp3) is 0.778. The number of rotatable bonds is 8. The molecule has 0 amide bonds. The second-order valence-corrected chi connectivity index (χ2v) is 5.08. The molecule has 7 heteroatoms. The van der Waals surface area contributed by atoms with E-state index in [0.717, 1.165) is 12.8 Å². The van der Waals surface area contributed by atoms with Gasteiger partial charge in [-0.05, 0) is 0 Å². The fourth-order valence-corrected chi connectivity index (χ4v) is 0.682. The number of unbranched alkanes of at least 4 members (excludes halogenated alkanes) is 2. The van der Waals surface area contributed by atoms with Crippen molar-refractivity contribution in [1.82, 2.24) is 0 Å². The molecule has 8 radical (unpaired) electrons. The van der Waals surface area contributed by atoms with Crippen LogP contribution in [0.2, 0.25) is 0 Å². The van der Waals surface area contributed by atoms with Crippen LogP contribution >= 0.6 is 25.3 Å². The van der Waals surface area contributed by atoms with Gasteiger partial charge >= 0.3 is 11.9 Å². The molecule has 0 heterocycles. The quantitative estimate of drug-likeness (QED) is 0.343. The van der Waals surface area contributed by atoms with Crippen LogP contribution < -0.4 is 0 Å². The fourth-order valence-electron chi connectivity index (χ4n) is 0.515. The summed E-state index contributed by atoms with van der Waals surface area (Å²) in [7, 11) is 0. The molecule has 0 aliphatic carbocycles. The Morgan fingerprint density at radius 2 is 1.00 bits per heavy atom. The van der Waals surface area contributed by atoms with Crippen molar-refractivity contribution >= 4 is 61.1 Å². The van der Waals surface area contributed by atoms with E-state index in [0.29, 0.717) is 37.6 Å². The second kappa shape index (κ2) is 39.5. The van der Waals surface area contributed by atoms with E-state index in [9.17, 15) is 9.59 Å². The zero-order valence-corrected chi connectivity index (χ0v) is 20.9. The van der Waals surface area contributed by atoms with Crippen molar-refractivity contribution in [2.24, 2.45) is 0 Å². The first kappa shape index (κ1) is 36.4. The van der Waals surface area contributed by atoms with Crippen LogP contribution in [0.25, 0.3) is 0 Å². The van der Waals surface area contributed by atoms with Crippen LogP contribution in [0.5, 0.6) is 0 Å². The summed E-state index contributed by atoms with van der Waals surface area (Å²) in [6.45, 7) is 15.7. The van der Waals surface area contributed by atoms with Crippen molar-refractivity contribution in [3.05, 3.63) is 13.8 Å². The summed E-state index contributed by atoms with van der Waals surface area (Å²) in [5, 5.41) is 0. The van der Waals surface area contributed by atoms with Gasteiger partial charge in [-0.15, -0.1) is 0 Å². The van der Waals surface area contributed by atoms with Crippen LogP contribution in [0.1, 0.15) is 66.2 Å². The van der Waals surface area contributed by atoms with E-state index in [1.165, 1.54) is 12.8 Å². The summed E-state index contributed by atoms with van der Waals surface area (Å²) in [4.78, 5) is 20.6. The molecule has 0 bridgehead atoms. The zero-order chi connectivity index (χ0) is 19.6. The molecule has 0 aliphatic rings. The predicted molar refractivity (Wildman–Crippen MR) is 114 cm³/mol. The van der Waals surface area contributed by atoms with Gasteiger partial charge in [-0.3, -0.25) is 9.59 Å². The molecule has 0 unspecified atom stereocenters. The molecule has 25 heavy (non-hydrogen) atoms. The van der Waals surface area contributed by atoms with Gasteiger partial charge in [0.25, 0.3) is 0 Å². The Morgan fingerprint density at radius 1 is 0.760 bits per heavy atom. The molecule has 0 atom stereocenters. The summed E-state index contributed by atoms with van der Waals surface area (Å²) < 4.78 is 9.19. The number of esters is 2. The van der Waals surface area contributed by atoms with Gasteiger partial charge in [0.1, 0.15) is 13.2 Å². The Balaban J connectivity index is -0.0000000739. The van der Waals surface area contributed by atoms with Crippen molar-refractivity contribution in [2.75, 3.05) is 24.7 Å². The Kier molecular flexibility index (Phi) is 57.4. The molecular formula is C18H36O4S2Sn. The van der Waals surface area contributed by atoms with Gasteiger partial charge in [0.15, 0.2) is 0 Å². The number of carbonyl (C=O) groups excluding carboxylic acids is 2. The maximum absolute atomic E-state index is 10.3. The monoisotopic (exact) mass is 500 g/mol. The minimum Gasteiger partial charge on any atom is -0.465 e. The standard InChI is InChI=1S/2C5H9O2S.2C4H9.Sn/c2*1-2-5(6)7-3-4-8;2*1-3-4-2;/h2*2-4H2,1H3;2*1,3-4H2,2H3;. The molecule has 0 aromatic carbocycles. The molecule has 0 spiro atoms. The van der Waals surface area contributed by atoms with Crippen LogP contribution in [-0.2, 0) is 19.1 Å². The Morgan fingerprint density at radius 3 is 1.12 bits per heavy atom. The molecule has 0 aromatic heterocycles. The first-order chi connectivity index (χ1) is 11.4. The molecule has 0 fully saturated rings. The summed E-state index contributed by atoms with van der Waals surface area (Å²) in [5.41, 5.74) is 0. The maximum Gasteiger partial charge on any atom is 0.305 e.